The van der Waals surface area contributed by atoms with E-state index in [2.05, 4.69) is 15.4 Å². The molecule has 0 aliphatic rings. The highest BCUT2D eigenvalue weighted by Gasteiger charge is 2.15. The van der Waals surface area contributed by atoms with Gasteiger partial charge in [0.05, 0.1) is 5.56 Å². The number of carboxylic acid groups (broad SMARTS) is 1. The zero-order valence-electron chi connectivity index (χ0n) is 19.8. The Hall–Kier alpha value is -5.30. The van der Waals surface area contributed by atoms with E-state index in [1.807, 2.05) is 5.92 Å². The minimum Gasteiger partial charge on any atom is -0.478 e. The summed E-state index contributed by atoms with van der Waals surface area (Å²) in [6, 6.07) is 4.34. The van der Waals surface area contributed by atoms with Gasteiger partial charge in [0, 0.05) is 11.1 Å². The lowest BCUT2D eigenvalue weighted by Crippen LogP contribution is -2.03. The molecule has 6 nitrogen and oxygen atoms in total. The Morgan fingerprint density at radius 3 is 1.26 bits per heavy atom. The predicted molar refractivity (Wildman–Crippen MR) is 139 cm³/mol. The SMILES string of the molecule is C.C.C#CCOc1c(F)cc(C(=O)O)cc1F.C#CCOc1c(F)cc(C=O)cc1F.O=Cc1cc(F)c(F)c(F)c1. The van der Waals surface area contributed by atoms with Gasteiger partial charge in [0.25, 0.3) is 0 Å². The third kappa shape index (κ3) is 11.4. The highest BCUT2D eigenvalue weighted by Crippen LogP contribution is 2.24. The summed E-state index contributed by atoms with van der Waals surface area (Å²) in [6.07, 6.45) is 10.3. The molecule has 0 atom stereocenters. The number of rotatable bonds is 7. The number of carbonyl (C=O) groups is 3. The maximum Gasteiger partial charge on any atom is 0.335 e. The summed E-state index contributed by atoms with van der Waals surface area (Å²) < 4.78 is 98.1. The molecule has 0 heterocycles. The Morgan fingerprint density at radius 1 is 0.667 bits per heavy atom. The van der Waals surface area contributed by atoms with Gasteiger partial charge in [-0.25, -0.2) is 35.5 Å². The molecule has 3 aromatic carbocycles. The molecule has 0 saturated heterocycles. The normalized spacial score (nSPS) is 8.98. The fourth-order valence-corrected chi connectivity index (χ4v) is 2.48. The molecule has 1 N–H and O–H groups in total. The summed E-state index contributed by atoms with van der Waals surface area (Å²) in [5, 5.41) is 8.49. The molecule has 3 rings (SSSR count). The van der Waals surface area contributed by atoms with Crippen molar-refractivity contribution in [3.8, 4) is 36.2 Å². The van der Waals surface area contributed by atoms with Crippen LogP contribution in [0, 0.1) is 65.4 Å². The topological polar surface area (TPSA) is 89.9 Å². The van der Waals surface area contributed by atoms with Crippen LogP contribution in [0.4, 0.5) is 30.7 Å². The van der Waals surface area contributed by atoms with E-state index < -0.39 is 63.8 Å². The van der Waals surface area contributed by atoms with Gasteiger partial charge in [-0.05, 0) is 36.4 Å². The van der Waals surface area contributed by atoms with Gasteiger partial charge in [-0.1, -0.05) is 26.7 Å². The second kappa shape index (κ2) is 18.9. The van der Waals surface area contributed by atoms with E-state index in [0.717, 1.165) is 12.1 Å². The van der Waals surface area contributed by atoms with Crippen molar-refractivity contribution in [2.75, 3.05) is 13.2 Å². The molecular formula is C29H23F7O6. The molecule has 0 radical (unpaired) electrons. The molecule has 0 bridgehead atoms. The number of aldehydes is 2. The van der Waals surface area contributed by atoms with Crippen LogP contribution >= 0.6 is 0 Å². The second-order valence-corrected chi connectivity index (χ2v) is 6.91. The van der Waals surface area contributed by atoms with Crippen molar-refractivity contribution in [3.63, 3.8) is 0 Å². The lowest BCUT2D eigenvalue weighted by Gasteiger charge is -2.05. The fourth-order valence-electron chi connectivity index (χ4n) is 2.48. The van der Waals surface area contributed by atoms with Crippen LogP contribution in [-0.2, 0) is 0 Å². The van der Waals surface area contributed by atoms with Crippen LogP contribution in [0.5, 0.6) is 11.5 Å². The van der Waals surface area contributed by atoms with Gasteiger partial charge in [-0.3, -0.25) is 9.59 Å². The van der Waals surface area contributed by atoms with Gasteiger partial charge < -0.3 is 14.6 Å². The van der Waals surface area contributed by atoms with Gasteiger partial charge in [0.1, 0.15) is 25.8 Å². The van der Waals surface area contributed by atoms with E-state index >= 15 is 0 Å². The van der Waals surface area contributed by atoms with Crippen molar-refractivity contribution in [1.29, 1.82) is 0 Å². The first kappa shape index (κ1) is 38.8. The van der Waals surface area contributed by atoms with E-state index in [-0.39, 0.29) is 45.5 Å². The predicted octanol–water partition coefficient (Wildman–Crippen LogP) is 6.65. The van der Waals surface area contributed by atoms with Gasteiger partial charge in [-0.15, -0.1) is 12.8 Å². The van der Waals surface area contributed by atoms with E-state index in [1.54, 1.807) is 0 Å². The van der Waals surface area contributed by atoms with Gasteiger partial charge in [-0.2, -0.15) is 0 Å². The fraction of sp³-hybridized carbons (Fsp3) is 0.138. The van der Waals surface area contributed by atoms with Crippen molar-refractivity contribution in [1.82, 2.24) is 0 Å². The molecule has 224 valence electrons. The maximum absolute atomic E-state index is 13.1. The quantitative estimate of drug-likeness (QED) is 0.141. The van der Waals surface area contributed by atoms with Crippen LogP contribution in [-0.4, -0.2) is 36.9 Å². The largest absolute Gasteiger partial charge is 0.478 e. The molecule has 3 aromatic rings. The minimum absolute atomic E-state index is 0. The zero-order valence-corrected chi connectivity index (χ0v) is 19.8. The summed E-state index contributed by atoms with van der Waals surface area (Å²) in [5.41, 5.74) is -0.799. The van der Waals surface area contributed by atoms with E-state index in [1.165, 1.54) is 0 Å². The Labute approximate surface area is 236 Å². The molecule has 13 heteroatoms. The average molecular weight is 600 g/mol. The Bertz CT molecular complexity index is 1410. The van der Waals surface area contributed by atoms with E-state index in [0.29, 0.717) is 30.6 Å². The molecule has 42 heavy (non-hydrogen) atoms. The maximum atomic E-state index is 13.1. The first-order valence-corrected chi connectivity index (χ1v) is 10.3. The van der Waals surface area contributed by atoms with Gasteiger partial charge in [0.2, 0.25) is 0 Å². The number of hydrogen-bond donors (Lipinski definition) is 1. The summed E-state index contributed by atoms with van der Waals surface area (Å²) in [4.78, 5) is 30.6. The van der Waals surface area contributed by atoms with E-state index in [4.69, 9.17) is 18.0 Å². The number of carbonyl (C=O) groups excluding carboxylic acids is 2. The Kier molecular flexibility index (Phi) is 17.5. The van der Waals surface area contributed by atoms with Crippen molar-refractivity contribution in [2.45, 2.75) is 14.9 Å². The first-order valence-electron chi connectivity index (χ1n) is 10.3. The number of benzene rings is 3. The Balaban J connectivity index is 0. The summed E-state index contributed by atoms with van der Waals surface area (Å²) in [7, 11) is 0. The first-order chi connectivity index (χ1) is 18.9. The molecule has 0 aromatic heterocycles. The molecule has 0 saturated carbocycles. The Morgan fingerprint density at radius 2 is 0.976 bits per heavy atom. The number of terminal acetylenes is 2. The minimum atomic E-state index is -1.56. The lowest BCUT2D eigenvalue weighted by molar-refractivity contribution is 0.0695. The second-order valence-electron chi connectivity index (χ2n) is 6.91. The molecule has 0 unspecified atom stereocenters. The number of hydrogen-bond acceptors (Lipinski definition) is 5. The highest BCUT2D eigenvalue weighted by molar-refractivity contribution is 5.87. The smallest absolute Gasteiger partial charge is 0.335 e. The van der Waals surface area contributed by atoms with Gasteiger partial charge >= 0.3 is 5.97 Å². The van der Waals surface area contributed by atoms with Crippen LogP contribution in [0.2, 0.25) is 0 Å². The van der Waals surface area contributed by atoms with Crippen molar-refractivity contribution in [2.24, 2.45) is 0 Å². The van der Waals surface area contributed by atoms with Crippen LogP contribution in [0.1, 0.15) is 45.9 Å². The number of aromatic carboxylic acids is 1. The highest BCUT2D eigenvalue weighted by atomic mass is 19.2. The molecule has 0 aliphatic heterocycles. The molecule has 0 amide bonds. The van der Waals surface area contributed by atoms with Crippen molar-refractivity contribution >= 4 is 18.5 Å². The summed E-state index contributed by atoms with van der Waals surface area (Å²) in [6.45, 7) is -0.519. The molecule has 0 spiro atoms. The van der Waals surface area contributed by atoms with Crippen LogP contribution in [0.25, 0.3) is 0 Å². The molecular weight excluding hydrogens is 577 g/mol. The standard InChI is InChI=1S/C10H6F2O3.C10H6F2O2.C7H3F3O.2CH4/c1-2-3-15-9-7(11)4-6(10(13)14)5-8(9)12;1-2-3-14-10-8(11)4-7(6-13)5-9(10)12;8-5-1-4(3-11)2-6(9)7(5)10;;/h1,4-5H,3H2,(H,13,14);1,4-6H,3H2;1-3H;2*1H4. The van der Waals surface area contributed by atoms with Crippen LogP contribution < -0.4 is 9.47 Å². The third-order valence-electron chi connectivity index (χ3n) is 4.14. The third-order valence-corrected chi connectivity index (χ3v) is 4.14. The zero-order chi connectivity index (χ0) is 30.4. The van der Waals surface area contributed by atoms with Crippen molar-refractivity contribution < 1.29 is 59.7 Å². The lowest BCUT2D eigenvalue weighted by atomic mass is 10.2. The monoisotopic (exact) mass is 600 g/mol. The number of halogens is 7. The summed E-state index contributed by atoms with van der Waals surface area (Å²) in [5.74, 6) is -6.88. The van der Waals surface area contributed by atoms with Crippen molar-refractivity contribution in [3.05, 3.63) is 93.8 Å². The summed E-state index contributed by atoms with van der Waals surface area (Å²) >= 11 is 0. The van der Waals surface area contributed by atoms with Crippen LogP contribution in [0.3, 0.4) is 0 Å². The van der Waals surface area contributed by atoms with Gasteiger partial charge in [0.15, 0.2) is 52.2 Å². The number of carboxylic acids is 1. The van der Waals surface area contributed by atoms with Crippen LogP contribution in [0.15, 0.2) is 36.4 Å². The average Bonchev–Trinajstić information content (AvgIpc) is 2.91. The van der Waals surface area contributed by atoms with E-state index in [9.17, 15) is 45.1 Å². The molecule has 0 aliphatic carbocycles. The number of ether oxygens (including phenoxy) is 2. The molecule has 0 fully saturated rings.